The lowest BCUT2D eigenvalue weighted by Crippen LogP contribution is -2.24. The van der Waals surface area contributed by atoms with E-state index in [1.165, 1.54) is 29.2 Å². The number of aromatic nitrogens is 4. The molecular formula is C18H20F3N7. The van der Waals surface area contributed by atoms with Gasteiger partial charge >= 0.3 is 6.18 Å². The van der Waals surface area contributed by atoms with Crippen LogP contribution in [0, 0.1) is 0 Å². The molecule has 10 heteroatoms. The van der Waals surface area contributed by atoms with Crippen molar-refractivity contribution in [3.05, 3.63) is 48.5 Å². The monoisotopic (exact) mass is 391 g/mol. The molecule has 148 valence electrons. The Hall–Kier alpha value is -3.14. The van der Waals surface area contributed by atoms with E-state index in [-0.39, 0.29) is 24.3 Å². The normalized spacial score (nSPS) is 12.9. The predicted octanol–water partition coefficient (Wildman–Crippen LogP) is 2.75. The number of alkyl halides is 3. The van der Waals surface area contributed by atoms with Crippen LogP contribution in [-0.4, -0.2) is 39.5 Å². The van der Waals surface area contributed by atoms with Crippen molar-refractivity contribution >= 4 is 11.5 Å². The molecule has 1 atom stereocenters. The summed E-state index contributed by atoms with van der Waals surface area (Å²) < 4.78 is 41.4. The summed E-state index contributed by atoms with van der Waals surface area (Å²) in [6, 6.07) is 4.64. The number of hydrogen-bond acceptors (Lipinski definition) is 6. The Morgan fingerprint density at radius 1 is 1.14 bits per heavy atom. The molecule has 28 heavy (non-hydrogen) atoms. The molecule has 0 saturated carbocycles. The zero-order valence-electron chi connectivity index (χ0n) is 15.1. The molecule has 3 aromatic rings. The fourth-order valence-corrected chi connectivity index (χ4v) is 2.88. The molecule has 7 nitrogen and oxygen atoms in total. The number of nitrogen functional groups attached to an aromatic ring is 2. The topological polar surface area (TPSA) is 108 Å². The van der Waals surface area contributed by atoms with Crippen LogP contribution in [0.1, 0.15) is 17.9 Å². The predicted molar refractivity (Wildman–Crippen MR) is 101 cm³/mol. The first-order valence-electron chi connectivity index (χ1n) is 8.54. The Kier molecular flexibility index (Phi) is 5.50. The highest BCUT2D eigenvalue weighted by Gasteiger charge is 2.40. The molecule has 0 aromatic carbocycles. The van der Waals surface area contributed by atoms with Crippen molar-refractivity contribution in [3.63, 3.8) is 0 Å². The Morgan fingerprint density at radius 3 is 2.57 bits per heavy atom. The lowest BCUT2D eigenvalue weighted by molar-refractivity contribution is -0.151. The maximum absolute atomic E-state index is 13.3. The van der Waals surface area contributed by atoms with Crippen molar-refractivity contribution in [2.45, 2.75) is 18.5 Å². The second-order valence-corrected chi connectivity index (χ2v) is 6.27. The summed E-state index contributed by atoms with van der Waals surface area (Å²) in [5.41, 5.74) is 13.5. The second-order valence-electron chi connectivity index (χ2n) is 6.27. The number of nitrogens with one attached hydrogen (secondary N) is 1. The Morgan fingerprint density at radius 2 is 1.93 bits per heavy atom. The van der Waals surface area contributed by atoms with E-state index in [2.05, 4.69) is 20.4 Å². The largest absolute Gasteiger partial charge is 0.395 e. The van der Waals surface area contributed by atoms with E-state index >= 15 is 0 Å². The van der Waals surface area contributed by atoms with Crippen LogP contribution in [0.25, 0.3) is 16.9 Å². The van der Waals surface area contributed by atoms with Crippen LogP contribution < -0.4 is 16.8 Å². The third kappa shape index (κ3) is 4.06. The van der Waals surface area contributed by atoms with Crippen molar-refractivity contribution in [1.29, 1.82) is 0 Å². The van der Waals surface area contributed by atoms with Crippen LogP contribution in [0.2, 0.25) is 0 Å². The van der Waals surface area contributed by atoms with E-state index in [0.717, 1.165) is 0 Å². The van der Waals surface area contributed by atoms with Crippen LogP contribution in [0.3, 0.4) is 0 Å². The minimum atomic E-state index is -4.34. The summed E-state index contributed by atoms with van der Waals surface area (Å²) in [5.74, 6) is -0.966. The molecule has 0 spiro atoms. The summed E-state index contributed by atoms with van der Waals surface area (Å²) in [6.07, 6.45) is 1.63. The van der Waals surface area contributed by atoms with Gasteiger partial charge < -0.3 is 16.8 Å². The van der Waals surface area contributed by atoms with E-state index in [4.69, 9.17) is 11.5 Å². The van der Waals surface area contributed by atoms with Gasteiger partial charge in [-0.25, -0.2) is 14.6 Å². The maximum atomic E-state index is 13.3. The Bertz CT molecular complexity index is 935. The highest BCUT2D eigenvalue weighted by molar-refractivity contribution is 5.81. The first-order chi connectivity index (χ1) is 13.3. The van der Waals surface area contributed by atoms with Crippen LogP contribution in [0.5, 0.6) is 0 Å². The van der Waals surface area contributed by atoms with E-state index in [0.29, 0.717) is 22.6 Å². The average Bonchev–Trinajstić information content (AvgIpc) is 3.13. The molecule has 3 aromatic heterocycles. The van der Waals surface area contributed by atoms with Crippen molar-refractivity contribution in [2.75, 3.05) is 25.1 Å². The Balaban J connectivity index is 1.86. The van der Waals surface area contributed by atoms with Gasteiger partial charge in [-0.1, -0.05) is 6.07 Å². The van der Waals surface area contributed by atoms with Crippen molar-refractivity contribution < 1.29 is 13.2 Å². The van der Waals surface area contributed by atoms with Crippen molar-refractivity contribution in [3.8, 4) is 16.9 Å². The second kappa shape index (κ2) is 7.85. The molecule has 0 aliphatic rings. The number of anilines is 2. The summed E-state index contributed by atoms with van der Waals surface area (Å²) in [5, 5.41) is 6.96. The standard InChI is InChI=1S/C18H20F3N7/c1-24-6-5-14(18(19,20)21)11-2-3-15(26-8-11)28-10-12(9-27-28)13-4-7-25-17(23)16(13)22/h2-4,7-10,14,24H,5-6,22H2,1H3,(H2,23,25). The van der Waals surface area contributed by atoms with E-state index in [1.54, 1.807) is 25.5 Å². The molecule has 0 bridgehead atoms. The molecule has 0 fully saturated rings. The molecular weight excluding hydrogens is 371 g/mol. The lowest BCUT2D eigenvalue weighted by atomic mass is 9.96. The quantitative estimate of drug-likeness (QED) is 0.596. The highest BCUT2D eigenvalue weighted by atomic mass is 19.4. The third-order valence-corrected chi connectivity index (χ3v) is 4.40. The van der Waals surface area contributed by atoms with Gasteiger partial charge in [0, 0.05) is 29.7 Å². The number of rotatable bonds is 6. The molecule has 0 saturated heterocycles. The fourth-order valence-electron chi connectivity index (χ4n) is 2.88. The van der Waals surface area contributed by atoms with Gasteiger partial charge in [0.15, 0.2) is 5.82 Å². The first kappa shape index (κ1) is 19.6. The van der Waals surface area contributed by atoms with Gasteiger partial charge in [-0.05, 0) is 37.7 Å². The summed E-state index contributed by atoms with van der Waals surface area (Å²) in [4.78, 5) is 8.06. The van der Waals surface area contributed by atoms with E-state index in [9.17, 15) is 13.2 Å². The molecule has 0 radical (unpaired) electrons. The Labute approximate surface area is 159 Å². The van der Waals surface area contributed by atoms with Crippen LogP contribution in [0.4, 0.5) is 24.7 Å². The molecule has 3 rings (SSSR count). The number of pyridine rings is 2. The van der Waals surface area contributed by atoms with Gasteiger partial charge in [-0.15, -0.1) is 0 Å². The number of hydrogen-bond donors (Lipinski definition) is 3. The maximum Gasteiger partial charge on any atom is 0.395 e. The van der Waals surface area contributed by atoms with E-state index < -0.39 is 12.1 Å². The van der Waals surface area contributed by atoms with E-state index in [1.807, 2.05) is 0 Å². The number of nitrogens with zero attached hydrogens (tertiary/aromatic N) is 4. The van der Waals surface area contributed by atoms with Gasteiger partial charge in [0.05, 0.1) is 17.8 Å². The average molecular weight is 391 g/mol. The summed E-state index contributed by atoms with van der Waals surface area (Å²) >= 11 is 0. The van der Waals surface area contributed by atoms with Crippen LogP contribution >= 0.6 is 0 Å². The van der Waals surface area contributed by atoms with Crippen molar-refractivity contribution in [1.82, 2.24) is 25.1 Å². The smallest absolute Gasteiger partial charge is 0.395 e. The van der Waals surface area contributed by atoms with Crippen LogP contribution in [-0.2, 0) is 0 Å². The van der Waals surface area contributed by atoms with Gasteiger partial charge in [-0.2, -0.15) is 18.3 Å². The fraction of sp³-hybridized carbons (Fsp3) is 0.278. The molecule has 1 unspecified atom stereocenters. The molecule has 0 aliphatic carbocycles. The van der Waals surface area contributed by atoms with Gasteiger partial charge in [0.25, 0.3) is 0 Å². The van der Waals surface area contributed by atoms with Gasteiger partial charge in [0.1, 0.15) is 5.82 Å². The molecule has 3 heterocycles. The first-order valence-corrected chi connectivity index (χ1v) is 8.54. The minimum absolute atomic E-state index is 0.0598. The minimum Gasteiger partial charge on any atom is -0.395 e. The van der Waals surface area contributed by atoms with Crippen LogP contribution in [0.15, 0.2) is 43.0 Å². The molecule has 0 amide bonds. The lowest BCUT2D eigenvalue weighted by Gasteiger charge is -2.20. The third-order valence-electron chi connectivity index (χ3n) is 4.40. The molecule has 5 N–H and O–H groups in total. The van der Waals surface area contributed by atoms with Gasteiger partial charge in [-0.3, -0.25) is 0 Å². The zero-order chi connectivity index (χ0) is 20.3. The highest BCUT2D eigenvalue weighted by Crippen LogP contribution is 2.37. The number of halogens is 3. The SMILES string of the molecule is CNCCC(c1ccc(-n2cc(-c3ccnc(N)c3N)cn2)nc1)C(F)(F)F. The molecule has 0 aliphatic heterocycles. The summed E-state index contributed by atoms with van der Waals surface area (Å²) in [6.45, 7) is 0.255. The zero-order valence-corrected chi connectivity index (χ0v) is 15.1. The number of nitrogens with two attached hydrogens (primary N) is 2. The van der Waals surface area contributed by atoms with Crippen molar-refractivity contribution in [2.24, 2.45) is 0 Å². The van der Waals surface area contributed by atoms with Gasteiger partial charge in [0.2, 0.25) is 0 Å². The summed E-state index contributed by atoms with van der Waals surface area (Å²) in [7, 11) is 1.62.